The van der Waals surface area contributed by atoms with Crippen molar-refractivity contribution in [3.63, 3.8) is 0 Å². The lowest BCUT2D eigenvalue weighted by molar-refractivity contribution is 0.690. The normalized spacial score (nSPS) is 15.7. The first-order valence-electron chi connectivity index (χ1n) is 9.92. The van der Waals surface area contributed by atoms with Gasteiger partial charge in [0.15, 0.2) is 0 Å². The Balaban J connectivity index is 1.85. The van der Waals surface area contributed by atoms with Crippen molar-refractivity contribution in [1.29, 1.82) is 0 Å². The van der Waals surface area contributed by atoms with E-state index in [1.54, 1.807) is 11.1 Å². The second-order valence-corrected chi connectivity index (χ2v) is 7.64. The van der Waals surface area contributed by atoms with Gasteiger partial charge in [-0.05, 0) is 93.6 Å². The summed E-state index contributed by atoms with van der Waals surface area (Å²) < 4.78 is 0. The molecule has 0 spiro atoms. The van der Waals surface area contributed by atoms with Crippen LogP contribution < -0.4 is 16.2 Å². The van der Waals surface area contributed by atoms with E-state index in [1.807, 2.05) is 0 Å². The van der Waals surface area contributed by atoms with Crippen molar-refractivity contribution in [2.24, 2.45) is 5.73 Å². The van der Waals surface area contributed by atoms with E-state index in [-0.39, 0.29) is 0 Å². The maximum Gasteiger partial charge on any atom is 0.0178 e. The van der Waals surface area contributed by atoms with Crippen LogP contribution in [0.5, 0.6) is 0 Å². The van der Waals surface area contributed by atoms with Gasteiger partial charge in [-0.2, -0.15) is 0 Å². The molecule has 2 N–H and O–H groups in total. The van der Waals surface area contributed by atoms with Crippen LogP contribution in [-0.2, 0) is 19.4 Å². The van der Waals surface area contributed by atoms with E-state index in [2.05, 4.69) is 54.6 Å². The highest BCUT2D eigenvalue weighted by Crippen LogP contribution is 2.30. The van der Waals surface area contributed by atoms with Gasteiger partial charge in [0.2, 0.25) is 0 Å². The highest BCUT2D eigenvalue weighted by atomic mass is 14.5. The van der Waals surface area contributed by atoms with Gasteiger partial charge in [0.05, 0.1) is 0 Å². The lowest BCUT2D eigenvalue weighted by atomic mass is 9.84. The highest BCUT2D eigenvalue weighted by molar-refractivity contribution is 5.92. The Bertz CT molecular complexity index is 1100. The van der Waals surface area contributed by atoms with E-state index in [0.29, 0.717) is 6.54 Å². The van der Waals surface area contributed by atoms with Crippen molar-refractivity contribution < 1.29 is 0 Å². The molecule has 26 heavy (non-hydrogen) atoms. The molecule has 0 aromatic heterocycles. The van der Waals surface area contributed by atoms with Crippen LogP contribution in [-0.4, -0.2) is 0 Å². The SMILES string of the molecule is NCc1ccc(-c2cc3c4c(ccc3c3c2=CCCC=3)CCCC4)cc1. The Kier molecular flexibility index (Phi) is 3.90. The lowest BCUT2D eigenvalue weighted by Crippen LogP contribution is -2.30. The van der Waals surface area contributed by atoms with Crippen LogP contribution in [0.1, 0.15) is 42.4 Å². The molecule has 0 heterocycles. The Hall–Kier alpha value is -2.38. The quantitative estimate of drug-likeness (QED) is 0.744. The molecule has 0 saturated carbocycles. The van der Waals surface area contributed by atoms with Gasteiger partial charge in [-0.25, -0.2) is 0 Å². The Morgan fingerprint density at radius 3 is 2.35 bits per heavy atom. The van der Waals surface area contributed by atoms with E-state index in [0.717, 1.165) is 12.8 Å². The molecule has 0 amide bonds. The number of hydrogen-bond acceptors (Lipinski definition) is 1. The van der Waals surface area contributed by atoms with Crippen molar-refractivity contribution in [3.05, 3.63) is 69.6 Å². The Labute approximate surface area is 154 Å². The van der Waals surface area contributed by atoms with Gasteiger partial charge in [0.1, 0.15) is 0 Å². The van der Waals surface area contributed by atoms with Gasteiger partial charge in [0, 0.05) is 6.54 Å². The summed E-state index contributed by atoms with van der Waals surface area (Å²) in [4.78, 5) is 0. The molecular formula is C25H25N. The van der Waals surface area contributed by atoms with Gasteiger partial charge in [-0.1, -0.05) is 48.6 Å². The fraction of sp³-hybridized carbons (Fsp3) is 0.280. The maximum absolute atomic E-state index is 5.79. The van der Waals surface area contributed by atoms with E-state index in [4.69, 9.17) is 5.73 Å². The van der Waals surface area contributed by atoms with Crippen LogP contribution in [0.3, 0.4) is 0 Å². The summed E-state index contributed by atoms with van der Waals surface area (Å²) in [6.45, 7) is 0.601. The maximum atomic E-state index is 5.79. The van der Waals surface area contributed by atoms with E-state index >= 15 is 0 Å². The van der Waals surface area contributed by atoms with Gasteiger partial charge in [-0.15, -0.1) is 0 Å². The first-order valence-corrected chi connectivity index (χ1v) is 9.92. The van der Waals surface area contributed by atoms with Crippen LogP contribution in [0.25, 0.3) is 34.1 Å². The Morgan fingerprint density at radius 1 is 0.769 bits per heavy atom. The van der Waals surface area contributed by atoms with E-state index in [1.165, 1.54) is 63.6 Å². The zero-order valence-electron chi connectivity index (χ0n) is 15.2. The minimum absolute atomic E-state index is 0.601. The van der Waals surface area contributed by atoms with E-state index < -0.39 is 0 Å². The zero-order valence-corrected chi connectivity index (χ0v) is 15.2. The molecule has 5 rings (SSSR count). The summed E-state index contributed by atoms with van der Waals surface area (Å²) >= 11 is 0. The largest absolute Gasteiger partial charge is 0.326 e. The van der Waals surface area contributed by atoms with Crippen LogP contribution in [0.4, 0.5) is 0 Å². The topological polar surface area (TPSA) is 26.0 Å². The number of benzene rings is 3. The first kappa shape index (κ1) is 15.8. The van der Waals surface area contributed by atoms with Crippen molar-refractivity contribution in [2.75, 3.05) is 0 Å². The molecule has 0 bridgehead atoms. The average Bonchev–Trinajstić information content (AvgIpc) is 2.73. The van der Waals surface area contributed by atoms with Crippen LogP contribution >= 0.6 is 0 Å². The van der Waals surface area contributed by atoms with Crippen molar-refractivity contribution in [1.82, 2.24) is 0 Å². The molecular weight excluding hydrogens is 314 g/mol. The zero-order chi connectivity index (χ0) is 17.5. The second-order valence-electron chi connectivity index (χ2n) is 7.64. The van der Waals surface area contributed by atoms with Crippen LogP contribution in [0.15, 0.2) is 42.5 Å². The fourth-order valence-corrected chi connectivity index (χ4v) is 4.72. The van der Waals surface area contributed by atoms with Gasteiger partial charge in [-0.3, -0.25) is 0 Å². The number of aryl methyl sites for hydroxylation is 2. The van der Waals surface area contributed by atoms with E-state index in [9.17, 15) is 0 Å². The minimum atomic E-state index is 0.601. The number of fused-ring (bicyclic) bond motifs is 5. The van der Waals surface area contributed by atoms with Gasteiger partial charge < -0.3 is 5.73 Å². The molecule has 0 aliphatic heterocycles. The number of nitrogens with two attached hydrogens (primary N) is 1. The Morgan fingerprint density at radius 2 is 1.54 bits per heavy atom. The predicted molar refractivity (Wildman–Crippen MR) is 111 cm³/mol. The molecule has 2 aliphatic rings. The van der Waals surface area contributed by atoms with Crippen molar-refractivity contribution in [3.8, 4) is 11.1 Å². The molecule has 3 aromatic rings. The molecule has 0 saturated heterocycles. The average molecular weight is 339 g/mol. The monoisotopic (exact) mass is 339 g/mol. The molecule has 0 radical (unpaired) electrons. The smallest absolute Gasteiger partial charge is 0.0178 e. The lowest BCUT2D eigenvalue weighted by Gasteiger charge is -2.20. The number of rotatable bonds is 2. The molecule has 0 unspecified atom stereocenters. The first-order chi connectivity index (χ1) is 12.8. The molecule has 3 aromatic carbocycles. The summed E-state index contributed by atoms with van der Waals surface area (Å²) in [6.07, 6.45) is 12.3. The van der Waals surface area contributed by atoms with Gasteiger partial charge >= 0.3 is 0 Å². The molecule has 1 nitrogen and oxygen atoms in total. The summed E-state index contributed by atoms with van der Waals surface area (Å²) in [7, 11) is 0. The fourth-order valence-electron chi connectivity index (χ4n) is 4.72. The summed E-state index contributed by atoms with van der Waals surface area (Å²) in [5.74, 6) is 0. The van der Waals surface area contributed by atoms with Crippen molar-refractivity contribution >= 4 is 22.9 Å². The second kappa shape index (κ2) is 6.41. The third kappa shape index (κ3) is 2.50. The number of hydrogen-bond donors (Lipinski definition) is 1. The predicted octanol–water partition coefficient (Wildman–Crippen LogP) is 4.20. The highest BCUT2D eigenvalue weighted by Gasteiger charge is 2.15. The third-order valence-electron chi connectivity index (χ3n) is 6.10. The summed E-state index contributed by atoms with van der Waals surface area (Å²) in [6, 6.07) is 16.0. The molecule has 0 atom stereocenters. The summed E-state index contributed by atoms with van der Waals surface area (Å²) in [5.41, 5.74) is 12.8. The standard InChI is InChI=1S/C25H25N/c26-16-17-9-11-19(12-10-17)24-15-25-20-6-2-1-5-18(20)13-14-23(25)21-7-3-4-8-22(21)24/h7-15H,1-6,16,26H2. The molecule has 130 valence electrons. The molecule has 0 fully saturated rings. The molecule has 1 heteroatoms. The minimum Gasteiger partial charge on any atom is -0.326 e. The summed E-state index contributed by atoms with van der Waals surface area (Å²) in [5, 5.41) is 5.78. The van der Waals surface area contributed by atoms with Crippen LogP contribution in [0, 0.1) is 0 Å². The third-order valence-corrected chi connectivity index (χ3v) is 6.10. The van der Waals surface area contributed by atoms with Crippen molar-refractivity contribution in [2.45, 2.75) is 45.1 Å². The molecule has 2 aliphatic carbocycles. The van der Waals surface area contributed by atoms with Crippen LogP contribution in [0.2, 0.25) is 0 Å². The van der Waals surface area contributed by atoms with Gasteiger partial charge in [0.25, 0.3) is 0 Å².